The number of nitrogens with zero attached hydrogens (tertiary/aromatic N) is 2. The zero-order chi connectivity index (χ0) is 15.5. The molecule has 0 unspecified atom stereocenters. The lowest BCUT2D eigenvalue weighted by molar-refractivity contribution is 0.0917. The Morgan fingerprint density at radius 1 is 1.18 bits per heavy atom. The maximum atomic E-state index is 12.9. The van der Waals surface area contributed by atoms with Crippen LogP contribution in [0.2, 0.25) is 0 Å². The van der Waals surface area contributed by atoms with Crippen LogP contribution in [-0.2, 0) is 0 Å². The third-order valence-corrected chi connectivity index (χ3v) is 4.26. The van der Waals surface area contributed by atoms with E-state index in [1.165, 1.54) is 12.1 Å². The summed E-state index contributed by atoms with van der Waals surface area (Å²) in [5.41, 5.74) is 1.12. The zero-order valence-corrected chi connectivity index (χ0v) is 12.6. The van der Waals surface area contributed by atoms with Gasteiger partial charge in [0.25, 0.3) is 5.91 Å². The molecule has 1 heterocycles. The van der Waals surface area contributed by atoms with E-state index < -0.39 is 0 Å². The number of hydrogen-bond acceptors (Lipinski definition) is 2. The molecule has 1 N–H and O–H groups in total. The SMILES string of the molecule is CC1CCC(NC(=O)c2ccn(-c3ccc(F)cc3)n2)CC1. The fourth-order valence-electron chi connectivity index (χ4n) is 2.85. The summed E-state index contributed by atoms with van der Waals surface area (Å²) in [5.74, 6) is 0.326. The number of benzene rings is 1. The highest BCUT2D eigenvalue weighted by Crippen LogP contribution is 2.23. The first-order chi connectivity index (χ1) is 10.6. The number of halogens is 1. The summed E-state index contributed by atoms with van der Waals surface area (Å²) in [6, 6.07) is 7.95. The van der Waals surface area contributed by atoms with Crippen LogP contribution in [0, 0.1) is 11.7 Å². The van der Waals surface area contributed by atoms with Crippen molar-refractivity contribution in [1.82, 2.24) is 15.1 Å². The number of carbonyl (C=O) groups is 1. The van der Waals surface area contributed by atoms with Gasteiger partial charge in [0, 0.05) is 12.2 Å². The van der Waals surface area contributed by atoms with Crippen LogP contribution >= 0.6 is 0 Å². The van der Waals surface area contributed by atoms with Crippen LogP contribution < -0.4 is 5.32 Å². The Labute approximate surface area is 129 Å². The van der Waals surface area contributed by atoms with E-state index in [0.717, 1.165) is 37.3 Å². The molecule has 5 heteroatoms. The van der Waals surface area contributed by atoms with Gasteiger partial charge in [-0.15, -0.1) is 0 Å². The van der Waals surface area contributed by atoms with Crippen molar-refractivity contribution in [3.05, 3.63) is 48.0 Å². The van der Waals surface area contributed by atoms with Crippen LogP contribution in [0.15, 0.2) is 36.5 Å². The monoisotopic (exact) mass is 301 g/mol. The van der Waals surface area contributed by atoms with E-state index in [9.17, 15) is 9.18 Å². The Kier molecular flexibility index (Phi) is 4.22. The maximum Gasteiger partial charge on any atom is 0.272 e. The Morgan fingerprint density at radius 2 is 1.86 bits per heavy atom. The highest BCUT2D eigenvalue weighted by Gasteiger charge is 2.21. The molecule has 0 atom stereocenters. The summed E-state index contributed by atoms with van der Waals surface area (Å²) < 4.78 is 14.5. The molecule has 1 amide bonds. The van der Waals surface area contributed by atoms with Crippen LogP contribution in [0.4, 0.5) is 4.39 Å². The number of hydrogen-bond donors (Lipinski definition) is 1. The minimum atomic E-state index is -0.291. The average Bonchev–Trinajstić information content (AvgIpc) is 3.00. The first kappa shape index (κ1) is 14.8. The summed E-state index contributed by atoms with van der Waals surface area (Å²) in [4.78, 5) is 12.2. The molecule has 3 rings (SSSR count). The van der Waals surface area contributed by atoms with Gasteiger partial charge in [0.1, 0.15) is 5.82 Å². The molecule has 22 heavy (non-hydrogen) atoms. The van der Waals surface area contributed by atoms with Crippen molar-refractivity contribution in [1.29, 1.82) is 0 Å². The predicted molar refractivity (Wildman–Crippen MR) is 82.4 cm³/mol. The topological polar surface area (TPSA) is 46.9 Å². The molecule has 0 aliphatic heterocycles. The molecule has 1 aliphatic carbocycles. The van der Waals surface area contributed by atoms with Gasteiger partial charge in [-0.05, 0) is 61.9 Å². The smallest absolute Gasteiger partial charge is 0.272 e. The van der Waals surface area contributed by atoms with Crippen molar-refractivity contribution >= 4 is 5.91 Å². The summed E-state index contributed by atoms with van der Waals surface area (Å²) in [5, 5.41) is 7.33. The van der Waals surface area contributed by atoms with E-state index in [0.29, 0.717) is 5.69 Å². The van der Waals surface area contributed by atoms with Gasteiger partial charge in [-0.25, -0.2) is 9.07 Å². The Balaban J connectivity index is 1.65. The Bertz CT molecular complexity index is 642. The quantitative estimate of drug-likeness (QED) is 0.945. The molecule has 116 valence electrons. The van der Waals surface area contributed by atoms with Crippen LogP contribution in [0.1, 0.15) is 43.1 Å². The lowest BCUT2D eigenvalue weighted by Crippen LogP contribution is -2.37. The number of rotatable bonds is 3. The molecule has 0 saturated heterocycles. The molecule has 1 aliphatic rings. The van der Waals surface area contributed by atoms with Crippen LogP contribution in [-0.4, -0.2) is 21.7 Å². The van der Waals surface area contributed by atoms with Gasteiger partial charge in [-0.2, -0.15) is 5.10 Å². The first-order valence-corrected chi connectivity index (χ1v) is 7.74. The second-order valence-corrected chi connectivity index (χ2v) is 6.05. The van der Waals surface area contributed by atoms with E-state index in [-0.39, 0.29) is 17.8 Å². The largest absolute Gasteiger partial charge is 0.348 e. The summed E-state index contributed by atoms with van der Waals surface area (Å²) in [7, 11) is 0. The molecular weight excluding hydrogens is 281 g/mol. The average molecular weight is 301 g/mol. The van der Waals surface area contributed by atoms with E-state index in [4.69, 9.17) is 0 Å². The second-order valence-electron chi connectivity index (χ2n) is 6.05. The summed E-state index contributed by atoms with van der Waals surface area (Å²) in [6.07, 6.45) is 6.10. The van der Waals surface area contributed by atoms with Crippen molar-refractivity contribution in [3.63, 3.8) is 0 Å². The molecule has 1 fully saturated rings. The molecule has 0 radical (unpaired) electrons. The summed E-state index contributed by atoms with van der Waals surface area (Å²) >= 11 is 0. The van der Waals surface area contributed by atoms with Gasteiger partial charge in [0.2, 0.25) is 0 Å². The number of amides is 1. The first-order valence-electron chi connectivity index (χ1n) is 7.74. The molecule has 0 spiro atoms. The van der Waals surface area contributed by atoms with Crippen molar-refractivity contribution in [2.75, 3.05) is 0 Å². The minimum Gasteiger partial charge on any atom is -0.348 e. The Morgan fingerprint density at radius 3 is 2.55 bits per heavy atom. The van der Waals surface area contributed by atoms with E-state index in [1.54, 1.807) is 29.1 Å². The maximum absolute atomic E-state index is 12.9. The highest BCUT2D eigenvalue weighted by atomic mass is 19.1. The molecular formula is C17H20FN3O. The molecule has 4 nitrogen and oxygen atoms in total. The van der Waals surface area contributed by atoms with Gasteiger partial charge in [-0.3, -0.25) is 4.79 Å². The molecule has 1 aromatic carbocycles. The lowest BCUT2D eigenvalue weighted by atomic mass is 9.87. The van der Waals surface area contributed by atoms with Crippen LogP contribution in [0.3, 0.4) is 0 Å². The van der Waals surface area contributed by atoms with Crippen LogP contribution in [0.25, 0.3) is 5.69 Å². The van der Waals surface area contributed by atoms with Gasteiger partial charge in [0.15, 0.2) is 5.69 Å². The fourth-order valence-corrected chi connectivity index (χ4v) is 2.85. The normalized spacial score (nSPS) is 21.5. The van der Waals surface area contributed by atoms with E-state index >= 15 is 0 Å². The minimum absolute atomic E-state index is 0.139. The van der Waals surface area contributed by atoms with Gasteiger partial charge >= 0.3 is 0 Å². The lowest BCUT2D eigenvalue weighted by Gasteiger charge is -2.26. The Hall–Kier alpha value is -2.17. The number of carbonyl (C=O) groups excluding carboxylic acids is 1. The predicted octanol–water partition coefficient (Wildman–Crippen LogP) is 3.32. The van der Waals surface area contributed by atoms with Crippen molar-refractivity contribution < 1.29 is 9.18 Å². The van der Waals surface area contributed by atoms with E-state index in [1.807, 2.05) is 0 Å². The number of aromatic nitrogens is 2. The van der Waals surface area contributed by atoms with Crippen molar-refractivity contribution in [3.8, 4) is 5.69 Å². The number of nitrogens with one attached hydrogen (secondary N) is 1. The zero-order valence-electron chi connectivity index (χ0n) is 12.6. The molecule has 1 aromatic heterocycles. The summed E-state index contributed by atoms with van der Waals surface area (Å²) in [6.45, 7) is 2.25. The third kappa shape index (κ3) is 3.35. The van der Waals surface area contributed by atoms with Gasteiger partial charge in [-0.1, -0.05) is 6.92 Å². The third-order valence-electron chi connectivity index (χ3n) is 4.26. The fraction of sp³-hybridized carbons (Fsp3) is 0.412. The van der Waals surface area contributed by atoms with Gasteiger partial charge < -0.3 is 5.32 Å². The van der Waals surface area contributed by atoms with Crippen molar-refractivity contribution in [2.45, 2.75) is 38.6 Å². The van der Waals surface area contributed by atoms with E-state index in [2.05, 4.69) is 17.3 Å². The second kappa shape index (κ2) is 6.30. The standard InChI is InChI=1S/C17H20FN3O/c1-12-2-6-14(7-3-12)19-17(22)16-10-11-21(20-16)15-8-4-13(18)5-9-15/h4-5,8-12,14H,2-3,6-7H2,1H3,(H,19,22). The molecule has 0 bridgehead atoms. The van der Waals surface area contributed by atoms with Gasteiger partial charge in [0.05, 0.1) is 5.69 Å². The molecule has 1 saturated carbocycles. The van der Waals surface area contributed by atoms with Crippen molar-refractivity contribution in [2.24, 2.45) is 5.92 Å². The highest BCUT2D eigenvalue weighted by molar-refractivity contribution is 5.92. The van der Waals surface area contributed by atoms with Crippen LogP contribution in [0.5, 0.6) is 0 Å². The molecule has 2 aromatic rings.